The Morgan fingerprint density at radius 1 is 0.938 bits per heavy atom. The summed E-state index contributed by atoms with van der Waals surface area (Å²) in [6.45, 7) is 4.90. The number of rotatable bonds is 7. The normalized spacial score (nSPS) is 19.6. The SMILES string of the molecule is O=C(Cc1cc(Cl)cc(Cl)c1)NCC(c1ccccc1)N1CCN(C2CCCCC2)CC1. The van der Waals surface area contributed by atoms with Crippen molar-refractivity contribution in [1.29, 1.82) is 0 Å². The summed E-state index contributed by atoms with van der Waals surface area (Å²) in [5, 5.41) is 4.27. The summed E-state index contributed by atoms with van der Waals surface area (Å²) in [5.74, 6) is -0.00916. The van der Waals surface area contributed by atoms with Gasteiger partial charge in [0.15, 0.2) is 0 Å². The van der Waals surface area contributed by atoms with Crippen LogP contribution in [0.2, 0.25) is 10.0 Å². The largest absolute Gasteiger partial charge is 0.354 e. The van der Waals surface area contributed by atoms with Crippen molar-refractivity contribution in [3.8, 4) is 0 Å². The van der Waals surface area contributed by atoms with Gasteiger partial charge < -0.3 is 5.32 Å². The first-order valence-electron chi connectivity index (χ1n) is 11.8. The summed E-state index contributed by atoms with van der Waals surface area (Å²) in [6, 6.07) is 16.8. The molecule has 1 N–H and O–H groups in total. The Morgan fingerprint density at radius 3 is 2.25 bits per heavy atom. The molecule has 32 heavy (non-hydrogen) atoms. The summed E-state index contributed by atoms with van der Waals surface area (Å²) in [6.07, 6.45) is 7.13. The Balaban J connectivity index is 1.36. The monoisotopic (exact) mass is 473 g/mol. The van der Waals surface area contributed by atoms with Crippen molar-refractivity contribution in [2.45, 2.75) is 50.6 Å². The molecule has 1 aliphatic carbocycles. The van der Waals surface area contributed by atoms with Gasteiger partial charge >= 0.3 is 0 Å². The maximum atomic E-state index is 12.7. The molecular weight excluding hydrogens is 441 g/mol. The van der Waals surface area contributed by atoms with Crippen LogP contribution in [-0.2, 0) is 11.2 Å². The number of hydrogen-bond acceptors (Lipinski definition) is 3. The van der Waals surface area contributed by atoms with Crippen LogP contribution in [0.1, 0.15) is 49.3 Å². The molecule has 2 fully saturated rings. The highest BCUT2D eigenvalue weighted by molar-refractivity contribution is 6.34. The molecule has 2 aromatic carbocycles. The highest BCUT2D eigenvalue weighted by Crippen LogP contribution is 2.27. The second-order valence-electron chi connectivity index (χ2n) is 9.05. The van der Waals surface area contributed by atoms with Crippen LogP contribution in [0.4, 0.5) is 0 Å². The highest BCUT2D eigenvalue weighted by atomic mass is 35.5. The lowest BCUT2D eigenvalue weighted by atomic mass is 9.93. The minimum Gasteiger partial charge on any atom is -0.354 e. The molecule has 4 rings (SSSR count). The zero-order valence-corrected chi connectivity index (χ0v) is 20.1. The van der Waals surface area contributed by atoms with Crippen LogP contribution >= 0.6 is 23.2 Å². The molecule has 0 bridgehead atoms. The first-order chi connectivity index (χ1) is 15.6. The molecule has 1 saturated heterocycles. The van der Waals surface area contributed by atoms with Crippen molar-refractivity contribution in [1.82, 2.24) is 15.1 Å². The van der Waals surface area contributed by atoms with Crippen molar-refractivity contribution in [2.75, 3.05) is 32.7 Å². The topological polar surface area (TPSA) is 35.6 Å². The van der Waals surface area contributed by atoms with E-state index in [1.54, 1.807) is 18.2 Å². The molecule has 2 aromatic rings. The second kappa shape index (κ2) is 11.5. The van der Waals surface area contributed by atoms with E-state index in [0.717, 1.165) is 37.8 Å². The van der Waals surface area contributed by atoms with E-state index in [9.17, 15) is 4.79 Å². The van der Waals surface area contributed by atoms with Crippen LogP contribution in [-0.4, -0.2) is 54.5 Å². The molecule has 1 amide bonds. The van der Waals surface area contributed by atoms with Crippen LogP contribution in [0.15, 0.2) is 48.5 Å². The summed E-state index contributed by atoms with van der Waals surface area (Å²) in [4.78, 5) is 17.9. The smallest absolute Gasteiger partial charge is 0.224 e. The first kappa shape index (κ1) is 23.6. The zero-order valence-electron chi connectivity index (χ0n) is 18.6. The molecule has 1 heterocycles. The Morgan fingerprint density at radius 2 is 1.59 bits per heavy atom. The summed E-state index contributed by atoms with van der Waals surface area (Å²) >= 11 is 12.2. The molecular formula is C26H33Cl2N3O. The Hall–Kier alpha value is -1.59. The summed E-state index contributed by atoms with van der Waals surface area (Å²) in [5.41, 5.74) is 2.09. The quantitative estimate of drug-likeness (QED) is 0.588. The van der Waals surface area contributed by atoms with Crippen molar-refractivity contribution in [3.05, 3.63) is 69.7 Å². The molecule has 0 aromatic heterocycles. The number of piperazine rings is 1. The molecule has 0 spiro atoms. The lowest BCUT2D eigenvalue weighted by Gasteiger charge is -2.43. The van der Waals surface area contributed by atoms with Crippen molar-refractivity contribution < 1.29 is 4.79 Å². The maximum absolute atomic E-state index is 12.7. The molecule has 1 atom stereocenters. The van der Waals surface area contributed by atoms with Gasteiger partial charge in [0.2, 0.25) is 5.91 Å². The van der Waals surface area contributed by atoms with Crippen molar-refractivity contribution in [2.24, 2.45) is 0 Å². The number of benzene rings is 2. The molecule has 0 radical (unpaired) electrons. The van der Waals surface area contributed by atoms with Crippen LogP contribution < -0.4 is 5.32 Å². The van der Waals surface area contributed by atoms with E-state index >= 15 is 0 Å². The predicted octanol–water partition coefficient (Wildman–Crippen LogP) is 5.34. The van der Waals surface area contributed by atoms with Gasteiger partial charge in [0, 0.05) is 48.8 Å². The van der Waals surface area contributed by atoms with Gasteiger partial charge in [0.05, 0.1) is 12.5 Å². The molecule has 1 unspecified atom stereocenters. The number of amides is 1. The number of halogens is 2. The average molecular weight is 474 g/mol. The van der Waals surface area contributed by atoms with E-state index in [4.69, 9.17) is 23.2 Å². The van der Waals surface area contributed by atoms with E-state index in [-0.39, 0.29) is 18.4 Å². The lowest BCUT2D eigenvalue weighted by Crippen LogP contribution is -2.53. The Kier molecular flexibility index (Phi) is 8.48. The third-order valence-corrected chi connectivity index (χ3v) is 7.28. The number of nitrogens with zero attached hydrogens (tertiary/aromatic N) is 2. The fourth-order valence-corrected chi connectivity index (χ4v) is 5.74. The predicted molar refractivity (Wildman–Crippen MR) is 132 cm³/mol. The van der Waals surface area contributed by atoms with E-state index in [1.807, 2.05) is 6.07 Å². The Bertz CT molecular complexity index is 858. The van der Waals surface area contributed by atoms with E-state index < -0.39 is 0 Å². The van der Waals surface area contributed by atoms with E-state index in [1.165, 1.54) is 37.7 Å². The van der Waals surface area contributed by atoms with Gasteiger partial charge in [-0.1, -0.05) is 72.8 Å². The standard InChI is InChI=1S/C26H33Cl2N3O/c27-22-15-20(16-23(28)18-22)17-26(32)29-19-25(21-7-3-1-4-8-21)31-13-11-30(12-14-31)24-9-5-2-6-10-24/h1,3-4,7-8,15-16,18,24-25H,2,5-6,9-14,17,19H2,(H,29,32). The minimum atomic E-state index is -0.00916. The number of carbonyl (C=O) groups excluding carboxylic acids is 1. The van der Waals surface area contributed by atoms with Crippen LogP contribution in [0.5, 0.6) is 0 Å². The second-order valence-corrected chi connectivity index (χ2v) is 9.92. The number of carbonyl (C=O) groups is 1. The number of hydrogen-bond donors (Lipinski definition) is 1. The fourth-order valence-electron chi connectivity index (χ4n) is 5.16. The van der Waals surface area contributed by atoms with Gasteiger partial charge in [-0.25, -0.2) is 0 Å². The van der Waals surface area contributed by atoms with Crippen LogP contribution in [0, 0.1) is 0 Å². The van der Waals surface area contributed by atoms with Crippen molar-refractivity contribution in [3.63, 3.8) is 0 Å². The van der Waals surface area contributed by atoms with Crippen LogP contribution in [0.25, 0.3) is 0 Å². The average Bonchev–Trinajstić information content (AvgIpc) is 2.80. The molecule has 2 aliphatic rings. The van der Waals surface area contributed by atoms with Gasteiger partial charge in [-0.2, -0.15) is 0 Å². The summed E-state index contributed by atoms with van der Waals surface area (Å²) in [7, 11) is 0. The Labute approximate surface area is 201 Å². The molecule has 6 heteroatoms. The minimum absolute atomic E-state index is 0.00916. The van der Waals surface area contributed by atoms with Gasteiger partial charge in [-0.15, -0.1) is 0 Å². The third kappa shape index (κ3) is 6.48. The van der Waals surface area contributed by atoms with E-state index in [2.05, 4.69) is 39.4 Å². The zero-order chi connectivity index (χ0) is 22.3. The summed E-state index contributed by atoms with van der Waals surface area (Å²) < 4.78 is 0. The molecule has 1 saturated carbocycles. The highest BCUT2D eigenvalue weighted by Gasteiger charge is 2.29. The molecule has 4 nitrogen and oxygen atoms in total. The van der Waals surface area contributed by atoms with Gasteiger partial charge in [-0.3, -0.25) is 14.6 Å². The molecule has 1 aliphatic heterocycles. The first-order valence-corrected chi connectivity index (χ1v) is 12.6. The number of nitrogens with one attached hydrogen (secondary N) is 1. The molecule has 172 valence electrons. The van der Waals surface area contributed by atoms with Gasteiger partial charge in [0.25, 0.3) is 0 Å². The van der Waals surface area contributed by atoms with Crippen LogP contribution in [0.3, 0.4) is 0 Å². The lowest BCUT2D eigenvalue weighted by molar-refractivity contribution is -0.120. The van der Waals surface area contributed by atoms with Gasteiger partial charge in [-0.05, 0) is 42.2 Å². The fraction of sp³-hybridized carbons (Fsp3) is 0.500. The third-order valence-electron chi connectivity index (χ3n) is 6.84. The van der Waals surface area contributed by atoms with Crippen molar-refractivity contribution >= 4 is 29.1 Å². The van der Waals surface area contributed by atoms with Gasteiger partial charge in [0.1, 0.15) is 0 Å². The van der Waals surface area contributed by atoms with E-state index in [0.29, 0.717) is 16.6 Å². The maximum Gasteiger partial charge on any atom is 0.224 e.